The fourth-order valence-corrected chi connectivity index (χ4v) is 7.98. The SMILES string of the molecule is CCCCCCCCNC(=O)Nc1cccc(Cc2cc(Cc3cccc(NC(=O)NCCCCCCCC)c3)cc(Cc3cccc(NC(=O)NCCCCCCCC)c3)c2)c1. The fourth-order valence-electron chi connectivity index (χ4n) is 7.98. The molecule has 0 saturated heterocycles. The van der Waals surface area contributed by atoms with Gasteiger partial charge in [-0.25, -0.2) is 14.4 Å². The van der Waals surface area contributed by atoms with E-state index in [0.29, 0.717) is 38.9 Å². The van der Waals surface area contributed by atoms with Gasteiger partial charge in [0.15, 0.2) is 0 Å². The van der Waals surface area contributed by atoms with Crippen molar-refractivity contribution in [1.29, 1.82) is 0 Å². The van der Waals surface area contributed by atoms with Crippen molar-refractivity contribution in [3.8, 4) is 0 Å². The average molecular weight is 859 g/mol. The minimum atomic E-state index is -0.177. The van der Waals surface area contributed by atoms with Crippen molar-refractivity contribution in [2.45, 2.75) is 156 Å². The Morgan fingerprint density at radius 1 is 0.333 bits per heavy atom. The van der Waals surface area contributed by atoms with Crippen molar-refractivity contribution < 1.29 is 14.4 Å². The number of hydrogen-bond acceptors (Lipinski definition) is 3. The Morgan fingerprint density at radius 3 is 0.889 bits per heavy atom. The number of carbonyl (C=O) groups excluding carboxylic acids is 3. The number of nitrogens with one attached hydrogen (secondary N) is 6. The van der Waals surface area contributed by atoms with Gasteiger partial charge in [0.2, 0.25) is 0 Å². The fraction of sp³-hybridized carbons (Fsp3) is 0.500. The van der Waals surface area contributed by atoms with E-state index in [2.05, 4.69) is 107 Å². The predicted molar refractivity (Wildman–Crippen MR) is 265 cm³/mol. The summed E-state index contributed by atoms with van der Waals surface area (Å²) >= 11 is 0. The van der Waals surface area contributed by atoms with Crippen LogP contribution in [0, 0.1) is 0 Å². The summed E-state index contributed by atoms with van der Waals surface area (Å²) in [5.74, 6) is 0. The molecular weight excluding hydrogens is 781 g/mol. The standard InChI is InChI=1S/C54H78N6O3/c1-4-7-10-13-16-19-31-55-52(61)58-49-28-22-25-43(40-49)34-46-37-47(35-44-26-23-29-50(41-44)59-53(62)56-32-20-17-14-11-8-5-2)39-48(38-46)36-45-27-24-30-51(42-45)60-54(63)57-33-21-18-15-12-9-6-3/h22-30,37-42H,4-21,31-36H2,1-3H3,(H2,55,58,61)(H2,56,59,62)(H2,57,60,63). The molecule has 9 nitrogen and oxygen atoms in total. The molecular formula is C54H78N6O3. The van der Waals surface area contributed by atoms with Gasteiger partial charge in [-0.2, -0.15) is 0 Å². The van der Waals surface area contributed by atoms with Gasteiger partial charge in [-0.1, -0.05) is 172 Å². The van der Waals surface area contributed by atoms with Crippen LogP contribution in [0.4, 0.5) is 31.4 Å². The number of unbranched alkanes of at least 4 members (excludes halogenated alkanes) is 15. The van der Waals surface area contributed by atoms with Gasteiger partial charge in [-0.3, -0.25) is 0 Å². The molecule has 0 aliphatic carbocycles. The first-order valence-corrected chi connectivity index (χ1v) is 24.4. The van der Waals surface area contributed by atoms with Crippen molar-refractivity contribution in [2.24, 2.45) is 0 Å². The molecule has 0 saturated carbocycles. The predicted octanol–water partition coefficient (Wildman–Crippen LogP) is 13.9. The van der Waals surface area contributed by atoms with Gasteiger partial charge in [0, 0.05) is 36.7 Å². The third kappa shape index (κ3) is 22.1. The van der Waals surface area contributed by atoms with Gasteiger partial charge in [0.05, 0.1) is 0 Å². The van der Waals surface area contributed by atoms with Crippen molar-refractivity contribution in [2.75, 3.05) is 35.6 Å². The summed E-state index contributed by atoms with van der Waals surface area (Å²) in [7, 11) is 0. The van der Waals surface area contributed by atoms with Gasteiger partial charge >= 0.3 is 18.1 Å². The maximum atomic E-state index is 12.7. The van der Waals surface area contributed by atoms with E-state index in [1.54, 1.807) is 0 Å². The highest BCUT2D eigenvalue weighted by Crippen LogP contribution is 2.24. The second-order valence-electron chi connectivity index (χ2n) is 17.2. The van der Waals surface area contributed by atoms with Crippen LogP contribution in [0.15, 0.2) is 91.0 Å². The van der Waals surface area contributed by atoms with E-state index in [4.69, 9.17) is 0 Å². The summed E-state index contributed by atoms with van der Waals surface area (Å²) in [6.07, 6.45) is 23.4. The highest BCUT2D eigenvalue weighted by molar-refractivity contribution is 5.90. The molecule has 9 heteroatoms. The zero-order chi connectivity index (χ0) is 44.7. The van der Waals surface area contributed by atoms with Crippen LogP contribution in [0.1, 0.15) is 170 Å². The lowest BCUT2D eigenvalue weighted by atomic mass is 9.93. The lowest BCUT2D eigenvalue weighted by molar-refractivity contribution is 0.251. The molecule has 4 aromatic carbocycles. The lowest BCUT2D eigenvalue weighted by Crippen LogP contribution is -2.29. The summed E-state index contributed by atoms with van der Waals surface area (Å²) in [5, 5.41) is 18.1. The number of amides is 6. The van der Waals surface area contributed by atoms with Gasteiger partial charge in [0.1, 0.15) is 0 Å². The minimum absolute atomic E-state index is 0.177. The van der Waals surface area contributed by atoms with Crippen molar-refractivity contribution >= 4 is 35.2 Å². The molecule has 0 atom stereocenters. The van der Waals surface area contributed by atoms with Gasteiger partial charge in [-0.15, -0.1) is 0 Å². The van der Waals surface area contributed by atoms with Gasteiger partial charge < -0.3 is 31.9 Å². The molecule has 4 aromatic rings. The maximum absolute atomic E-state index is 12.7. The Bertz CT molecular complexity index is 1700. The first kappa shape index (κ1) is 50.3. The number of carbonyl (C=O) groups is 3. The molecule has 0 heterocycles. The Hall–Kier alpha value is -5.31. The highest BCUT2D eigenvalue weighted by atomic mass is 16.2. The van der Waals surface area contributed by atoms with E-state index in [0.717, 1.165) is 72.3 Å². The molecule has 6 N–H and O–H groups in total. The van der Waals surface area contributed by atoms with Crippen LogP contribution >= 0.6 is 0 Å². The third-order valence-electron chi connectivity index (χ3n) is 11.3. The zero-order valence-electron chi connectivity index (χ0n) is 38.9. The van der Waals surface area contributed by atoms with Gasteiger partial charge in [-0.05, 0) is 108 Å². The Morgan fingerprint density at radius 2 is 0.603 bits per heavy atom. The number of urea groups is 3. The topological polar surface area (TPSA) is 123 Å². The van der Waals surface area contributed by atoms with E-state index in [-0.39, 0.29) is 18.1 Å². The quantitative estimate of drug-likeness (QED) is 0.0293. The first-order valence-electron chi connectivity index (χ1n) is 24.4. The van der Waals surface area contributed by atoms with Gasteiger partial charge in [0.25, 0.3) is 0 Å². The minimum Gasteiger partial charge on any atom is -0.338 e. The van der Waals surface area contributed by atoms with Crippen LogP contribution in [0.25, 0.3) is 0 Å². The maximum Gasteiger partial charge on any atom is 0.319 e. The van der Waals surface area contributed by atoms with Crippen molar-refractivity contribution in [1.82, 2.24) is 16.0 Å². The number of hydrogen-bond donors (Lipinski definition) is 6. The third-order valence-corrected chi connectivity index (χ3v) is 11.3. The summed E-state index contributed by atoms with van der Waals surface area (Å²) in [4.78, 5) is 38.2. The normalized spacial score (nSPS) is 10.9. The number of anilines is 3. The largest absolute Gasteiger partial charge is 0.338 e. The van der Waals surface area contributed by atoms with Crippen LogP contribution in [-0.2, 0) is 19.3 Å². The summed E-state index contributed by atoms with van der Waals surface area (Å²) < 4.78 is 0. The lowest BCUT2D eigenvalue weighted by Gasteiger charge is -2.14. The summed E-state index contributed by atoms with van der Waals surface area (Å²) in [5.41, 5.74) is 9.10. The Labute approximate surface area is 379 Å². The number of rotatable bonds is 30. The molecule has 0 fully saturated rings. The second-order valence-corrected chi connectivity index (χ2v) is 17.2. The molecule has 342 valence electrons. The molecule has 0 bridgehead atoms. The summed E-state index contributed by atoms with van der Waals surface area (Å²) in [6.45, 7) is 8.67. The average Bonchev–Trinajstić information content (AvgIpc) is 3.26. The molecule has 4 rings (SSSR count). The van der Waals surface area contributed by atoms with E-state index >= 15 is 0 Å². The molecule has 0 radical (unpaired) electrons. The van der Waals surface area contributed by atoms with Crippen LogP contribution in [0.5, 0.6) is 0 Å². The summed E-state index contributed by atoms with van der Waals surface area (Å²) in [6, 6.07) is 30.5. The van der Waals surface area contributed by atoms with Crippen LogP contribution < -0.4 is 31.9 Å². The van der Waals surface area contributed by atoms with E-state index in [1.165, 1.54) is 93.7 Å². The van der Waals surface area contributed by atoms with E-state index in [1.807, 2.05) is 36.4 Å². The molecule has 0 aliphatic heterocycles. The molecule has 0 aromatic heterocycles. The molecule has 6 amide bonds. The molecule has 0 unspecified atom stereocenters. The first-order chi connectivity index (χ1) is 30.8. The van der Waals surface area contributed by atoms with Crippen LogP contribution in [0.3, 0.4) is 0 Å². The van der Waals surface area contributed by atoms with E-state index < -0.39 is 0 Å². The van der Waals surface area contributed by atoms with Crippen molar-refractivity contribution in [3.63, 3.8) is 0 Å². The molecule has 63 heavy (non-hydrogen) atoms. The zero-order valence-corrected chi connectivity index (χ0v) is 38.9. The molecule has 0 aliphatic rings. The Kier molecular flexibility index (Phi) is 24.5. The molecule has 0 spiro atoms. The smallest absolute Gasteiger partial charge is 0.319 e. The van der Waals surface area contributed by atoms with Crippen LogP contribution in [0.2, 0.25) is 0 Å². The second kappa shape index (κ2) is 30.7. The highest BCUT2D eigenvalue weighted by Gasteiger charge is 2.10. The Balaban J connectivity index is 1.43. The van der Waals surface area contributed by atoms with E-state index in [9.17, 15) is 14.4 Å². The number of benzene rings is 4. The van der Waals surface area contributed by atoms with Crippen LogP contribution in [-0.4, -0.2) is 37.7 Å². The van der Waals surface area contributed by atoms with Crippen molar-refractivity contribution in [3.05, 3.63) is 124 Å². The monoisotopic (exact) mass is 859 g/mol.